The summed E-state index contributed by atoms with van der Waals surface area (Å²) in [5.41, 5.74) is 7.57. The number of benzene rings is 24. The van der Waals surface area contributed by atoms with E-state index in [1.54, 1.807) is 0 Å². The number of fused-ring (bicyclic) bond motifs is 6. The van der Waals surface area contributed by atoms with E-state index in [1.165, 1.54) is 292 Å². The van der Waals surface area contributed by atoms with Gasteiger partial charge in [-0.15, -0.1) is 0 Å². The van der Waals surface area contributed by atoms with Gasteiger partial charge in [0, 0.05) is 0 Å². The molecule has 0 fully saturated rings. The Morgan fingerprint density at radius 1 is 0.100 bits per heavy atom. The SMILES string of the molecule is CC(C)(C)c1cc2ccc3c4ccc5c(cc(c1)c2c35)c1cc2cc(C(C)(C)C)cc3ccc5c(ccc1c5c32)c1cc(c2cc(c3cc(c5cc4c4ccc6cc(C(C)(C)C)cc7ccc5c4c67)c4ccc5cc(C(C)(C)C)cc6ccc3c4c56)c3ccc4cc(C(C)(C)C)cc5ccc2c3c54)c2ccc3cc(C(C)(C)C)cc4ccc1c2c43. The summed E-state index contributed by atoms with van der Waals surface area (Å²) in [7, 11) is 0. The van der Waals surface area contributed by atoms with Crippen molar-refractivity contribution in [2.24, 2.45) is 0 Å². The second-order valence-electron chi connectivity index (χ2n) is 42.7. The third kappa shape index (κ3) is 9.54. The minimum absolute atomic E-state index is 0.0634. The Morgan fingerprint density at radius 3 is 0.383 bits per heavy atom. The molecule has 0 atom stereocenters. The van der Waals surface area contributed by atoms with Gasteiger partial charge in [-0.3, -0.25) is 0 Å². The van der Waals surface area contributed by atoms with E-state index in [1.807, 2.05) is 0 Å². The minimum Gasteiger partial charge on any atom is -0.0561 e. The van der Waals surface area contributed by atoms with Gasteiger partial charge in [0.1, 0.15) is 0 Å². The summed E-state index contributed by atoms with van der Waals surface area (Å²) in [6, 6.07) is 106. The van der Waals surface area contributed by atoms with Gasteiger partial charge in [-0.05, 0) is 361 Å². The normalized spacial score (nSPS) is 13.8. The molecule has 0 unspecified atom stereocenters. The third-order valence-corrected chi connectivity index (χ3v) is 29.2. The van der Waals surface area contributed by atoms with Crippen molar-refractivity contribution in [1.29, 1.82) is 0 Å². The molecule has 0 aromatic heterocycles. The molecule has 25 aromatic carbocycles. The van der Waals surface area contributed by atoms with Crippen LogP contribution in [0.25, 0.3) is 259 Å². The van der Waals surface area contributed by atoms with Crippen LogP contribution >= 0.6 is 0 Å². The van der Waals surface area contributed by atoms with Gasteiger partial charge in [0.25, 0.3) is 0 Å². The average Bonchev–Trinajstić information content (AvgIpc) is 0.693. The average molecular weight is 1540 g/mol. The molecular formula is C120H96. The molecule has 25 rings (SSSR count). The molecule has 0 amide bonds. The zero-order chi connectivity index (χ0) is 81.9. The highest BCUT2D eigenvalue weighted by atomic mass is 14.3. The highest BCUT2D eigenvalue weighted by Crippen LogP contribution is 2.55. The molecule has 0 N–H and O–H groups in total. The molecule has 0 aliphatic rings. The van der Waals surface area contributed by atoms with Gasteiger partial charge in [0.05, 0.1) is 0 Å². The summed E-state index contributed by atoms with van der Waals surface area (Å²) in [6.07, 6.45) is 0. The Hall–Kier alpha value is -12.5. The van der Waals surface area contributed by atoms with E-state index >= 15 is 0 Å². The van der Waals surface area contributed by atoms with Gasteiger partial charge in [0.2, 0.25) is 0 Å². The van der Waals surface area contributed by atoms with Crippen molar-refractivity contribution in [3.63, 3.8) is 0 Å². The maximum atomic E-state index is 2.68. The summed E-state index contributed by atoms with van der Waals surface area (Å²) in [4.78, 5) is 0. The summed E-state index contributed by atoms with van der Waals surface area (Å²) >= 11 is 0. The lowest BCUT2D eigenvalue weighted by Gasteiger charge is -2.24. The lowest BCUT2D eigenvalue weighted by Crippen LogP contribution is -2.11. The minimum atomic E-state index is -0.107. The van der Waals surface area contributed by atoms with Crippen LogP contribution in [0, 0.1) is 0 Å². The third-order valence-electron chi connectivity index (χ3n) is 29.2. The predicted octanol–water partition coefficient (Wildman–Crippen LogP) is 35.5. The van der Waals surface area contributed by atoms with Crippen LogP contribution in [-0.2, 0) is 32.5 Å². The van der Waals surface area contributed by atoms with E-state index in [9.17, 15) is 0 Å². The van der Waals surface area contributed by atoms with E-state index in [0.29, 0.717) is 0 Å². The van der Waals surface area contributed by atoms with Crippen molar-refractivity contribution >= 4 is 259 Å². The van der Waals surface area contributed by atoms with Crippen molar-refractivity contribution in [3.05, 3.63) is 288 Å². The molecular weight excluding hydrogens is 1440 g/mol. The van der Waals surface area contributed by atoms with Crippen LogP contribution in [0.1, 0.15) is 158 Å². The molecule has 0 aliphatic heterocycles. The molecule has 0 aliphatic carbocycles. The number of rotatable bonds is 0. The molecule has 0 saturated heterocycles. The van der Waals surface area contributed by atoms with Crippen LogP contribution in [0.2, 0.25) is 0 Å². The number of hydrogen-bond donors (Lipinski definition) is 0. The van der Waals surface area contributed by atoms with Crippen LogP contribution in [-0.4, -0.2) is 0 Å². The highest BCUT2D eigenvalue weighted by Gasteiger charge is 2.30. The van der Waals surface area contributed by atoms with Gasteiger partial charge in [-0.2, -0.15) is 0 Å². The Balaban J connectivity index is 1.01. The molecule has 120 heavy (non-hydrogen) atoms. The van der Waals surface area contributed by atoms with Crippen molar-refractivity contribution < 1.29 is 0 Å². The van der Waals surface area contributed by atoms with E-state index in [-0.39, 0.29) is 32.5 Å². The topological polar surface area (TPSA) is 0 Å². The van der Waals surface area contributed by atoms with Crippen LogP contribution in [0.15, 0.2) is 255 Å². The summed E-state index contributed by atoms with van der Waals surface area (Å²) in [5, 5.41) is 61.3. The van der Waals surface area contributed by atoms with Gasteiger partial charge in [-0.1, -0.05) is 343 Å². The molecule has 0 heterocycles. The molecule has 25 aromatic rings. The highest BCUT2D eigenvalue weighted by molar-refractivity contribution is 6.45. The van der Waals surface area contributed by atoms with Crippen molar-refractivity contribution in [2.45, 2.75) is 157 Å². The standard InChI is InChI=1S/C120H96/c1-115(2,3)73-43-61-21-31-83-95-57-97(85-33-23-63(45-73)103(61)111(83)85)99-59-101(89-37-27-67-49-75(117(7,8)9)47-65-25-35-87(99)113(89)105(65)67)102-60-100(88-36-26-66-48-76(118(10,11)12)50-68-28-38-90(102)114(88)106(66)68)98-58-96(84-32-22-62-44-74(116(4,5)6)46-64-24-34-86(98)112(84)104(62)64)80-40-42-92-94(56-72-54-78(120(16,17)18)52-70-20-30-82(80)110(92)108(70)72)93-55-71-53-77(119(13,14)15)51-69-19-29-81-79(95)39-41-91(93)109(81)107(69)71/h19-60H,1-18H3. The van der Waals surface area contributed by atoms with E-state index in [4.69, 9.17) is 0 Å². The number of hydrogen-bond acceptors (Lipinski definition) is 0. The lowest BCUT2D eigenvalue weighted by atomic mass is 9.80. The molecule has 16 bridgehead atoms. The fourth-order valence-corrected chi connectivity index (χ4v) is 22.8. The first-order chi connectivity index (χ1) is 57.2. The quantitative estimate of drug-likeness (QED) is 0.133. The first-order valence-corrected chi connectivity index (χ1v) is 43.8. The van der Waals surface area contributed by atoms with Gasteiger partial charge in [-0.25, -0.2) is 0 Å². The summed E-state index contributed by atoms with van der Waals surface area (Å²) in [6.45, 7) is 42.7. The van der Waals surface area contributed by atoms with E-state index < -0.39 is 0 Å². The Kier molecular flexibility index (Phi) is 13.5. The second kappa shape index (κ2) is 22.9. The van der Waals surface area contributed by atoms with Crippen LogP contribution in [0.5, 0.6) is 0 Å². The Morgan fingerprint density at radius 2 is 0.217 bits per heavy atom. The molecule has 0 nitrogen and oxygen atoms in total. The van der Waals surface area contributed by atoms with Gasteiger partial charge < -0.3 is 0 Å². The first kappa shape index (κ1) is 70.5. The van der Waals surface area contributed by atoms with Crippen molar-refractivity contribution in [3.8, 4) is 0 Å². The molecule has 576 valence electrons. The summed E-state index contributed by atoms with van der Waals surface area (Å²) < 4.78 is 0. The second-order valence-corrected chi connectivity index (χ2v) is 42.7. The van der Waals surface area contributed by atoms with E-state index in [0.717, 1.165) is 0 Å². The molecule has 0 radical (unpaired) electrons. The molecule has 0 saturated carbocycles. The van der Waals surface area contributed by atoms with Crippen molar-refractivity contribution in [2.75, 3.05) is 0 Å². The smallest absolute Gasteiger partial charge is 0.00143 e. The maximum absolute atomic E-state index is 2.68. The lowest BCUT2D eigenvalue weighted by molar-refractivity contribution is 0.591. The van der Waals surface area contributed by atoms with Crippen LogP contribution < -0.4 is 0 Å². The maximum Gasteiger partial charge on any atom is -0.00143 e. The first-order valence-electron chi connectivity index (χ1n) is 43.8. The monoisotopic (exact) mass is 1540 g/mol. The largest absolute Gasteiger partial charge is 0.0561 e. The van der Waals surface area contributed by atoms with E-state index in [2.05, 4.69) is 379 Å². The Bertz CT molecular complexity index is 8500. The summed E-state index contributed by atoms with van der Waals surface area (Å²) in [5.74, 6) is 0. The predicted molar refractivity (Wildman–Crippen MR) is 532 cm³/mol. The van der Waals surface area contributed by atoms with Crippen LogP contribution in [0.4, 0.5) is 0 Å². The Labute approximate surface area is 698 Å². The zero-order valence-corrected chi connectivity index (χ0v) is 72.2. The van der Waals surface area contributed by atoms with Gasteiger partial charge in [0.15, 0.2) is 0 Å². The zero-order valence-electron chi connectivity index (χ0n) is 72.2. The fourth-order valence-electron chi connectivity index (χ4n) is 22.8. The molecule has 0 spiro atoms. The van der Waals surface area contributed by atoms with Gasteiger partial charge >= 0.3 is 0 Å². The van der Waals surface area contributed by atoms with Crippen LogP contribution in [0.3, 0.4) is 0 Å². The molecule has 0 heteroatoms. The fraction of sp³-hybridized carbons (Fsp3) is 0.200. The van der Waals surface area contributed by atoms with Crippen molar-refractivity contribution in [1.82, 2.24) is 0 Å².